The summed E-state index contributed by atoms with van der Waals surface area (Å²) in [5.41, 5.74) is 2.27. The number of nitrogens with zero attached hydrogens (tertiary/aromatic N) is 4. The number of amides is 2. The second-order valence-electron chi connectivity index (χ2n) is 9.38. The summed E-state index contributed by atoms with van der Waals surface area (Å²) in [5, 5.41) is 11.3. The third kappa shape index (κ3) is 6.76. The van der Waals surface area contributed by atoms with E-state index in [0.717, 1.165) is 22.3 Å². The first kappa shape index (κ1) is 26.4. The molecule has 1 aliphatic heterocycles. The minimum atomic E-state index is -0.681. The van der Waals surface area contributed by atoms with E-state index >= 15 is 0 Å². The Morgan fingerprint density at radius 2 is 1.95 bits per heavy atom. The van der Waals surface area contributed by atoms with Gasteiger partial charge < -0.3 is 14.8 Å². The zero-order valence-electron chi connectivity index (χ0n) is 21.1. The molecule has 0 saturated carbocycles. The van der Waals surface area contributed by atoms with E-state index in [1.165, 1.54) is 11.8 Å². The predicted octanol–water partition coefficient (Wildman–Crippen LogP) is 4.20. The average Bonchev–Trinajstić information content (AvgIpc) is 3.06. The monoisotopic (exact) mass is 528 g/mol. The number of alkyl halides is 1. The molecule has 2 amide bonds. The fourth-order valence-corrected chi connectivity index (χ4v) is 4.69. The van der Waals surface area contributed by atoms with Crippen LogP contribution in [-0.4, -0.2) is 63.4 Å². The van der Waals surface area contributed by atoms with E-state index in [-0.39, 0.29) is 24.8 Å². The van der Waals surface area contributed by atoms with Gasteiger partial charge in [-0.3, -0.25) is 10.1 Å². The Hall–Kier alpha value is -3.67. The Labute approximate surface area is 218 Å². The summed E-state index contributed by atoms with van der Waals surface area (Å²) >= 11 is 1.42. The molecule has 0 fully saturated rings. The molecule has 37 heavy (non-hydrogen) atoms. The highest BCUT2D eigenvalue weighted by atomic mass is 32.2. The minimum Gasteiger partial charge on any atom is -0.497 e. The molecule has 10 nitrogen and oxygen atoms in total. The van der Waals surface area contributed by atoms with Crippen LogP contribution in [0.4, 0.5) is 15.1 Å². The van der Waals surface area contributed by atoms with E-state index < -0.39 is 18.4 Å². The van der Waals surface area contributed by atoms with Crippen LogP contribution in [0.3, 0.4) is 0 Å². The third-order valence-corrected chi connectivity index (χ3v) is 6.31. The minimum absolute atomic E-state index is 0.0224. The van der Waals surface area contributed by atoms with Crippen molar-refractivity contribution in [3.05, 3.63) is 41.1 Å². The SMILES string of the molecule is COc1ccc(Cn2nc3c4c(nc(NC(=O)OC(C)(C)C)nc42)SCC(CC(=O)NCCF)=C3)cc1. The number of anilines is 1. The fraction of sp³-hybridized carbons (Fsp3) is 0.400. The molecule has 0 saturated heterocycles. The van der Waals surface area contributed by atoms with E-state index in [1.54, 1.807) is 32.6 Å². The number of carbonyl (C=O) groups excluding carboxylic acids is 2. The van der Waals surface area contributed by atoms with Crippen molar-refractivity contribution in [2.24, 2.45) is 0 Å². The van der Waals surface area contributed by atoms with Crippen molar-refractivity contribution in [2.45, 2.75) is 44.4 Å². The van der Waals surface area contributed by atoms with E-state index in [0.29, 0.717) is 28.7 Å². The van der Waals surface area contributed by atoms with Gasteiger partial charge >= 0.3 is 6.09 Å². The standard InChI is InChI=1S/C25H29FN6O4S/c1-25(2,3)36-24(34)30-23-28-21-20-18(31-32(21)13-15-5-7-17(35-4)8-6-15)11-16(14-37-22(20)29-23)12-19(33)27-10-9-26/h5-8,11H,9-10,12-14H2,1-4H3,(H,27,33)(H,28,29,30,34). The van der Waals surface area contributed by atoms with E-state index in [1.807, 2.05) is 30.3 Å². The summed E-state index contributed by atoms with van der Waals surface area (Å²) in [6.45, 7) is 5.08. The lowest BCUT2D eigenvalue weighted by atomic mass is 10.1. The molecule has 12 heteroatoms. The molecule has 2 N–H and O–H groups in total. The molecule has 4 rings (SSSR count). The van der Waals surface area contributed by atoms with Gasteiger partial charge in [0.1, 0.15) is 23.1 Å². The van der Waals surface area contributed by atoms with Crippen LogP contribution in [-0.2, 0) is 16.1 Å². The molecule has 0 spiro atoms. The molecule has 0 bridgehead atoms. The lowest BCUT2D eigenvalue weighted by molar-refractivity contribution is -0.120. The smallest absolute Gasteiger partial charge is 0.414 e. The molecule has 0 atom stereocenters. The zero-order valence-corrected chi connectivity index (χ0v) is 21.9. The number of methoxy groups -OCH3 is 1. The van der Waals surface area contributed by atoms with Crippen molar-refractivity contribution in [1.29, 1.82) is 0 Å². The van der Waals surface area contributed by atoms with Crippen molar-refractivity contribution in [3.63, 3.8) is 0 Å². The van der Waals surface area contributed by atoms with Crippen LogP contribution in [0.1, 0.15) is 38.4 Å². The number of benzene rings is 1. The maximum Gasteiger partial charge on any atom is 0.414 e. The van der Waals surface area contributed by atoms with Crippen molar-refractivity contribution in [3.8, 4) is 5.75 Å². The number of aromatic nitrogens is 4. The maximum atomic E-state index is 12.5. The molecular formula is C25H29FN6O4S. The molecule has 1 aliphatic rings. The number of thioether (sulfide) groups is 1. The van der Waals surface area contributed by atoms with Crippen molar-refractivity contribution < 1.29 is 23.5 Å². The maximum absolute atomic E-state index is 12.5. The highest BCUT2D eigenvalue weighted by molar-refractivity contribution is 7.99. The quantitative estimate of drug-likeness (QED) is 0.418. The van der Waals surface area contributed by atoms with Crippen molar-refractivity contribution >= 4 is 46.8 Å². The summed E-state index contributed by atoms with van der Waals surface area (Å²) in [7, 11) is 1.61. The number of rotatable bonds is 8. The van der Waals surface area contributed by atoms with Gasteiger partial charge in [0.05, 0.1) is 24.7 Å². The fourth-order valence-electron chi connectivity index (χ4n) is 3.69. The van der Waals surface area contributed by atoms with Gasteiger partial charge in [-0.1, -0.05) is 12.1 Å². The van der Waals surface area contributed by atoms with Gasteiger partial charge in [0.25, 0.3) is 0 Å². The number of hydrogen-bond acceptors (Lipinski definition) is 8. The Balaban J connectivity index is 1.71. The number of halogens is 1. The molecular weight excluding hydrogens is 499 g/mol. The predicted molar refractivity (Wildman–Crippen MR) is 140 cm³/mol. The van der Waals surface area contributed by atoms with Gasteiger partial charge in [-0.05, 0) is 50.1 Å². The average molecular weight is 529 g/mol. The molecule has 0 unspecified atom stereocenters. The summed E-state index contributed by atoms with van der Waals surface area (Å²) in [6.07, 6.45) is 1.31. The normalized spacial score (nSPS) is 13.1. The van der Waals surface area contributed by atoms with Crippen LogP contribution in [0.15, 0.2) is 34.9 Å². The summed E-state index contributed by atoms with van der Waals surface area (Å²) in [6, 6.07) is 7.60. The summed E-state index contributed by atoms with van der Waals surface area (Å²) in [4.78, 5) is 33.8. The van der Waals surface area contributed by atoms with Crippen LogP contribution in [0.25, 0.3) is 17.1 Å². The summed E-state index contributed by atoms with van der Waals surface area (Å²) in [5.74, 6) is 1.06. The van der Waals surface area contributed by atoms with Crippen LogP contribution in [0, 0.1) is 0 Å². The third-order valence-electron chi connectivity index (χ3n) is 5.23. The highest BCUT2D eigenvalue weighted by Gasteiger charge is 2.24. The topological polar surface area (TPSA) is 120 Å². The van der Waals surface area contributed by atoms with E-state index in [2.05, 4.69) is 20.6 Å². The van der Waals surface area contributed by atoms with Gasteiger partial charge in [-0.25, -0.2) is 18.9 Å². The van der Waals surface area contributed by atoms with Gasteiger partial charge in [0, 0.05) is 18.7 Å². The number of hydrogen-bond donors (Lipinski definition) is 2. The lowest BCUT2D eigenvalue weighted by Crippen LogP contribution is -2.28. The largest absolute Gasteiger partial charge is 0.497 e. The first-order chi connectivity index (χ1) is 17.6. The molecule has 196 valence electrons. The van der Waals surface area contributed by atoms with Crippen LogP contribution < -0.4 is 15.4 Å². The van der Waals surface area contributed by atoms with Crippen molar-refractivity contribution in [1.82, 2.24) is 25.1 Å². The first-order valence-corrected chi connectivity index (χ1v) is 12.7. The second-order valence-corrected chi connectivity index (χ2v) is 10.3. The van der Waals surface area contributed by atoms with Crippen LogP contribution in [0.2, 0.25) is 0 Å². The molecule has 3 heterocycles. The van der Waals surface area contributed by atoms with E-state index in [4.69, 9.17) is 14.6 Å². The highest BCUT2D eigenvalue weighted by Crippen LogP contribution is 2.35. The van der Waals surface area contributed by atoms with Gasteiger partial charge in [-0.2, -0.15) is 10.1 Å². The first-order valence-electron chi connectivity index (χ1n) is 11.7. The van der Waals surface area contributed by atoms with Crippen LogP contribution >= 0.6 is 11.8 Å². The Bertz CT molecular complexity index is 1330. The Morgan fingerprint density at radius 1 is 1.19 bits per heavy atom. The molecule has 1 aromatic carbocycles. The van der Waals surface area contributed by atoms with E-state index in [9.17, 15) is 14.0 Å². The Kier molecular flexibility index (Phi) is 7.96. The van der Waals surface area contributed by atoms with Crippen molar-refractivity contribution in [2.75, 3.05) is 31.4 Å². The van der Waals surface area contributed by atoms with Gasteiger partial charge in [-0.15, -0.1) is 11.8 Å². The number of nitrogens with one attached hydrogen (secondary N) is 2. The summed E-state index contributed by atoms with van der Waals surface area (Å²) < 4.78 is 24.8. The van der Waals surface area contributed by atoms with Crippen LogP contribution in [0.5, 0.6) is 5.75 Å². The number of ether oxygens (including phenoxy) is 2. The molecule has 0 radical (unpaired) electrons. The zero-order chi connectivity index (χ0) is 26.6. The lowest BCUT2D eigenvalue weighted by Gasteiger charge is -2.19. The second kappa shape index (κ2) is 11.2. The molecule has 0 aliphatic carbocycles. The molecule has 3 aromatic rings. The van der Waals surface area contributed by atoms with Gasteiger partial charge in [0.2, 0.25) is 11.9 Å². The Morgan fingerprint density at radius 3 is 2.62 bits per heavy atom. The molecule has 2 aromatic heterocycles. The van der Waals surface area contributed by atoms with Gasteiger partial charge in [0.15, 0.2) is 5.65 Å². The number of carbonyl (C=O) groups is 2.